The van der Waals surface area contributed by atoms with E-state index in [9.17, 15) is 4.39 Å². The monoisotopic (exact) mass is 279 g/mol. The summed E-state index contributed by atoms with van der Waals surface area (Å²) < 4.78 is 18.7. The van der Waals surface area contributed by atoms with Gasteiger partial charge in [0.15, 0.2) is 0 Å². The van der Waals surface area contributed by atoms with Crippen molar-refractivity contribution in [3.8, 4) is 0 Å². The summed E-state index contributed by atoms with van der Waals surface area (Å²) >= 11 is 0. The molecule has 1 atom stereocenters. The minimum atomic E-state index is -0.401. The SMILES string of the molecule is CC1CN(C2CCOCC2)CCN1c1cccc(F)n1. The van der Waals surface area contributed by atoms with Gasteiger partial charge in [0, 0.05) is 44.9 Å². The minimum absolute atomic E-state index is 0.362. The summed E-state index contributed by atoms with van der Waals surface area (Å²) in [6.07, 6.45) is 2.26. The molecule has 2 aliphatic heterocycles. The number of aromatic nitrogens is 1. The molecule has 0 radical (unpaired) electrons. The van der Waals surface area contributed by atoms with Crippen molar-refractivity contribution in [1.82, 2.24) is 9.88 Å². The molecular weight excluding hydrogens is 257 g/mol. The van der Waals surface area contributed by atoms with Crippen LogP contribution in [0.15, 0.2) is 18.2 Å². The van der Waals surface area contributed by atoms with E-state index >= 15 is 0 Å². The number of rotatable bonds is 2. The number of piperazine rings is 1. The van der Waals surface area contributed by atoms with Gasteiger partial charge in [0.2, 0.25) is 5.95 Å². The third-order valence-electron chi connectivity index (χ3n) is 4.36. The summed E-state index contributed by atoms with van der Waals surface area (Å²) in [5, 5.41) is 0. The Balaban J connectivity index is 1.64. The van der Waals surface area contributed by atoms with Crippen LogP contribution in [0, 0.1) is 5.95 Å². The highest BCUT2D eigenvalue weighted by Gasteiger charge is 2.29. The van der Waals surface area contributed by atoms with Gasteiger partial charge < -0.3 is 9.64 Å². The van der Waals surface area contributed by atoms with Crippen molar-refractivity contribution in [1.29, 1.82) is 0 Å². The maximum atomic E-state index is 13.3. The second-order valence-electron chi connectivity index (χ2n) is 5.70. The van der Waals surface area contributed by atoms with Crippen LogP contribution in [0.25, 0.3) is 0 Å². The Morgan fingerprint density at radius 1 is 1.25 bits per heavy atom. The first kappa shape index (κ1) is 13.8. The molecule has 0 N–H and O–H groups in total. The third kappa shape index (κ3) is 2.94. The van der Waals surface area contributed by atoms with Crippen LogP contribution >= 0.6 is 0 Å². The number of halogens is 1. The normalized spacial score (nSPS) is 25.9. The summed E-state index contributed by atoms with van der Waals surface area (Å²) in [5.41, 5.74) is 0. The maximum absolute atomic E-state index is 13.3. The van der Waals surface area contributed by atoms with Crippen LogP contribution in [0.4, 0.5) is 10.2 Å². The number of nitrogens with zero attached hydrogens (tertiary/aromatic N) is 3. The lowest BCUT2D eigenvalue weighted by molar-refractivity contribution is 0.0279. The van der Waals surface area contributed by atoms with Crippen molar-refractivity contribution in [2.75, 3.05) is 37.7 Å². The molecule has 0 spiro atoms. The average molecular weight is 279 g/mol. The molecule has 110 valence electrons. The van der Waals surface area contributed by atoms with Gasteiger partial charge >= 0.3 is 0 Å². The second-order valence-corrected chi connectivity index (χ2v) is 5.70. The zero-order valence-corrected chi connectivity index (χ0v) is 12.0. The summed E-state index contributed by atoms with van der Waals surface area (Å²) in [4.78, 5) is 8.77. The number of hydrogen-bond donors (Lipinski definition) is 0. The fraction of sp³-hybridized carbons (Fsp3) is 0.667. The first-order valence-electron chi connectivity index (χ1n) is 7.45. The van der Waals surface area contributed by atoms with Crippen molar-refractivity contribution in [2.24, 2.45) is 0 Å². The highest BCUT2D eigenvalue weighted by Crippen LogP contribution is 2.22. The molecule has 20 heavy (non-hydrogen) atoms. The number of anilines is 1. The number of pyridine rings is 1. The van der Waals surface area contributed by atoms with Gasteiger partial charge in [-0.25, -0.2) is 4.98 Å². The van der Waals surface area contributed by atoms with Gasteiger partial charge in [-0.3, -0.25) is 4.90 Å². The molecule has 0 amide bonds. The van der Waals surface area contributed by atoms with E-state index in [2.05, 4.69) is 21.7 Å². The van der Waals surface area contributed by atoms with Crippen LogP contribution in [0.2, 0.25) is 0 Å². The van der Waals surface area contributed by atoms with Gasteiger partial charge in [-0.2, -0.15) is 4.39 Å². The molecule has 4 nitrogen and oxygen atoms in total. The van der Waals surface area contributed by atoms with Crippen molar-refractivity contribution in [3.63, 3.8) is 0 Å². The fourth-order valence-corrected chi connectivity index (χ4v) is 3.27. The van der Waals surface area contributed by atoms with Crippen LogP contribution in [0.1, 0.15) is 19.8 Å². The Morgan fingerprint density at radius 3 is 2.75 bits per heavy atom. The fourth-order valence-electron chi connectivity index (χ4n) is 3.27. The molecule has 2 fully saturated rings. The molecule has 0 bridgehead atoms. The topological polar surface area (TPSA) is 28.6 Å². The van der Waals surface area contributed by atoms with Crippen molar-refractivity contribution >= 4 is 5.82 Å². The number of ether oxygens (including phenoxy) is 1. The Hall–Kier alpha value is -1.20. The maximum Gasteiger partial charge on any atom is 0.214 e. The van der Waals surface area contributed by atoms with Crippen molar-refractivity contribution in [3.05, 3.63) is 24.1 Å². The first-order chi connectivity index (χ1) is 9.74. The molecule has 1 unspecified atom stereocenters. The van der Waals surface area contributed by atoms with E-state index in [4.69, 9.17) is 4.74 Å². The quantitative estimate of drug-likeness (QED) is 0.773. The van der Waals surface area contributed by atoms with Crippen molar-refractivity contribution in [2.45, 2.75) is 31.8 Å². The molecule has 0 aromatic carbocycles. The summed E-state index contributed by atoms with van der Waals surface area (Å²) in [7, 11) is 0. The largest absolute Gasteiger partial charge is 0.381 e. The van der Waals surface area contributed by atoms with Gasteiger partial charge in [-0.15, -0.1) is 0 Å². The zero-order chi connectivity index (χ0) is 13.9. The molecule has 3 rings (SSSR count). The van der Waals surface area contributed by atoms with E-state index in [0.29, 0.717) is 12.1 Å². The third-order valence-corrected chi connectivity index (χ3v) is 4.36. The molecule has 1 aromatic heterocycles. The molecule has 0 aliphatic carbocycles. The molecule has 5 heteroatoms. The lowest BCUT2D eigenvalue weighted by Crippen LogP contribution is -2.56. The molecule has 3 heterocycles. The highest BCUT2D eigenvalue weighted by atomic mass is 19.1. The Bertz CT molecular complexity index is 450. The van der Waals surface area contributed by atoms with E-state index in [1.165, 1.54) is 6.07 Å². The van der Waals surface area contributed by atoms with Gasteiger partial charge in [-0.05, 0) is 31.9 Å². The van der Waals surface area contributed by atoms with Gasteiger partial charge in [-0.1, -0.05) is 6.07 Å². The predicted molar refractivity (Wildman–Crippen MR) is 76.4 cm³/mol. The van der Waals surface area contributed by atoms with Gasteiger partial charge in [0.05, 0.1) is 0 Å². The Morgan fingerprint density at radius 2 is 2.05 bits per heavy atom. The Labute approximate surface area is 119 Å². The van der Waals surface area contributed by atoms with E-state index in [-0.39, 0.29) is 0 Å². The Kier molecular flexibility index (Phi) is 4.17. The lowest BCUT2D eigenvalue weighted by Gasteiger charge is -2.44. The summed E-state index contributed by atoms with van der Waals surface area (Å²) in [6, 6.07) is 6.03. The minimum Gasteiger partial charge on any atom is -0.381 e. The van der Waals surface area contributed by atoms with Gasteiger partial charge in [0.25, 0.3) is 0 Å². The van der Waals surface area contributed by atoms with Crippen LogP contribution in [0.5, 0.6) is 0 Å². The molecule has 1 aromatic rings. The lowest BCUT2D eigenvalue weighted by atomic mass is 10.0. The first-order valence-corrected chi connectivity index (χ1v) is 7.45. The standard InChI is InChI=1S/C15H22FN3O/c1-12-11-18(13-5-9-20-10-6-13)7-8-19(12)15-4-2-3-14(16)17-15/h2-4,12-13H,5-11H2,1H3. The van der Waals surface area contributed by atoms with Crippen molar-refractivity contribution < 1.29 is 9.13 Å². The summed E-state index contributed by atoms with van der Waals surface area (Å²) in [6.45, 7) is 6.90. The van der Waals surface area contributed by atoms with Crippen LogP contribution in [-0.4, -0.2) is 54.8 Å². The summed E-state index contributed by atoms with van der Waals surface area (Å²) in [5.74, 6) is 0.352. The van der Waals surface area contributed by atoms with E-state index in [1.807, 2.05) is 6.07 Å². The predicted octanol–water partition coefficient (Wildman–Crippen LogP) is 1.91. The smallest absolute Gasteiger partial charge is 0.214 e. The number of hydrogen-bond acceptors (Lipinski definition) is 4. The molecule has 0 saturated carbocycles. The van der Waals surface area contributed by atoms with E-state index < -0.39 is 5.95 Å². The highest BCUT2D eigenvalue weighted by molar-refractivity contribution is 5.40. The van der Waals surface area contributed by atoms with Crippen LogP contribution in [0.3, 0.4) is 0 Å². The average Bonchev–Trinajstić information content (AvgIpc) is 2.48. The van der Waals surface area contributed by atoms with Crippen LogP contribution < -0.4 is 4.90 Å². The molecular formula is C15H22FN3O. The van der Waals surface area contributed by atoms with E-state index in [1.54, 1.807) is 6.07 Å². The second kappa shape index (κ2) is 6.06. The van der Waals surface area contributed by atoms with E-state index in [0.717, 1.165) is 51.5 Å². The van der Waals surface area contributed by atoms with Crippen LogP contribution in [-0.2, 0) is 4.74 Å². The van der Waals surface area contributed by atoms with Gasteiger partial charge in [0.1, 0.15) is 5.82 Å². The zero-order valence-electron chi connectivity index (χ0n) is 12.0. The molecule has 2 saturated heterocycles. The molecule has 2 aliphatic rings.